The normalized spacial score (nSPS) is 15.1. The first-order valence-corrected chi connectivity index (χ1v) is 25.3. The topological polar surface area (TPSA) is 129 Å². The average Bonchev–Trinajstić information content (AvgIpc) is 3.88. The maximum absolute atomic E-state index is 14.0. The molecule has 4 atom stereocenters. The molecule has 2 aliphatic heterocycles. The molecule has 0 bridgehead atoms. The first-order chi connectivity index (χ1) is 28.5. The van der Waals surface area contributed by atoms with E-state index in [0.29, 0.717) is 65.9 Å². The van der Waals surface area contributed by atoms with Crippen LogP contribution in [0.1, 0.15) is 165 Å². The zero-order valence-corrected chi connectivity index (χ0v) is 40.1. The summed E-state index contributed by atoms with van der Waals surface area (Å²) in [7, 11) is 0. The Balaban J connectivity index is 2.21. The van der Waals surface area contributed by atoms with Crippen molar-refractivity contribution in [1.82, 2.24) is 0 Å². The van der Waals surface area contributed by atoms with E-state index in [-0.39, 0.29) is 59.3 Å². The van der Waals surface area contributed by atoms with Crippen LogP contribution in [0.25, 0.3) is 0 Å². The maximum atomic E-state index is 14.0. The van der Waals surface area contributed by atoms with Gasteiger partial charge in [-0.2, -0.15) is 5.26 Å². The van der Waals surface area contributed by atoms with Crippen molar-refractivity contribution in [2.24, 2.45) is 23.7 Å². The summed E-state index contributed by atoms with van der Waals surface area (Å²) < 4.78 is 25.4. The largest absolute Gasteiger partial charge is 0.462 e. The number of rotatable bonds is 26. The number of hydrogen-bond acceptors (Lipinski definition) is 13. The maximum Gasteiger partial charge on any atom is 0.350 e. The summed E-state index contributed by atoms with van der Waals surface area (Å²) in [6.45, 7) is 18.8. The van der Waals surface area contributed by atoms with Gasteiger partial charge < -0.3 is 18.9 Å². The molecule has 59 heavy (non-hydrogen) atoms. The quantitative estimate of drug-likeness (QED) is 0.0379. The average molecular weight is 890 g/mol. The molecule has 9 nitrogen and oxygen atoms in total. The Morgan fingerprint density at radius 3 is 1.27 bits per heavy atom. The van der Waals surface area contributed by atoms with E-state index in [4.69, 9.17) is 18.9 Å². The first-order valence-electron chi connectivity index (χ1n) is 22.0. The van der Waals surface area contributed by atoms with Crippen LogP contribution in [-0.2, 0) is 28.7 Å². The highest BCUT2D eigenvalue weighted by Gasteiger charge is 2.41. The van der Waals surface area contributed by atoms with Crippen LogP contribution >= 0.6 is 47.0 Å². The molecule has 1 aromatic carbocycles. The summed E-state index contributed by atoms with van der Waals surface area (Å²) in [5.74, 6) is -1.56. The number of nitrogens with zero attached hydrogens (tertiary/aromatic N) is 1. The number of nitriles is 1. The molecule has 0 fully saturated rings. The third-order valence-corrected chi connectivity index (χ3v) is 16.4. The van der Waals surface area contributed by atoms with Crippen LogP contribution in [0.15, 0.2) is 39.2 Å². The smallest absolute Gasteiger partial charge is 0.350 e. The fraction of sp³-hybridized carbons (Fsp3) is 0.674. The van der Waals surface area contributed by atoms with Gasteiger partial charge in [-0.15, -0.1) is 0 Å². The van der Waals surface area contributed by atoms with Gasteiger partial charge in [-0.3, -0.25) is 9.59 Å². The van der Waals surface area contributed by atoms with Gasteiger partial charge in [-0.1, -0.05) is 167 Å². The number of esters is 4. The minimum atomic E-state index is -0.714. The Labute approximate surface area is 371 Å². The van der Waals surface area contributed by atoms with Gasteiger partial charge in [0.05, 0.1) is 58.7 Å². The molecular weight excluding hydrogens is 823 g/mol. The highest BCUT2D eigenvalue weighted by molar-refractivity contribution is 8.26. The number of ether oxygens (including phenoxy) is 4. The standard InChI is InChI=1S/C46H67NO8S4/c1-10-18-22-30(14-5)27-52-41(48)29(9)45-56-37-35(54-42(49)32(16-7)24-20-12-3)39-40(36(38(37)57-45)55-43(50)33(17-8)25-21-13-4)59-46(58-39)34(26-47)44(51)53-28-31(15-6)23-19-11-2/h30-33H,10-25,27-28H2,1-9H3. The van der Waals surface area contributed by atoms with Crippen molar-refractivity contribution < 1.29 is 38.1 Å². The van der Waals surface area contributed by atoms with Crippen LogP contribution in [0.3, 0.4) is 0 Å². The molecule has 2 aliphatic rings. The van der Waals surface area contributed by atoms with Gasteiger partial charge in [-0.25, -0.2) is 9.59 Å². The SMILES string of the molecule is CCCCC(CC)COC(=O)C(C)=C1Sc2c(OC(=O)C(CC)CCCC)c3c(c(OC(=O)C(CC)CCCC)c2S1)SC(=C(C#N)C(=O)OCC(CC)CCCC)S3. The number of carbonyl (C=O) groups excluding carboxylic acids is 4. The molecule has 0 saturated carbocycles. The molecule has 0 N–H and O–H groups in total. The van der Waals surface area contributed by atoms with Gasteiger partial charge >= 0.3 is 23.9 Å². The Bertz CT molecular complexity index is 1640. The van der Waals surface area contributed by atoms with Crippen LogP contribution in [0.4, 0.5) is 0 Å². The Hall–Kier alpha value is -2.53. The highest BCUT2D eigenvalue weighted by atomic mass is 32.2. The fourth-order valence-electron chi connectivity index (χ4n) is 6.71. The summed E-state index contributed by atoms with van der Waals surface area (Å²) in [4.78, 5) is 57.2. The zero-order chi connectivity index (χ0) is 43.5. The van der Waals surface area contributed by atoms with Gasteiger partial charge in [0.25, 0.3) is 0 Å². The van der Waals surface area contributed by atoms with Crippen molar-refractivity contribution >= 4 is 70.9 Å². The van der Waals surface area contributed by atoms with Crippen molar-refractivity contribution in [3.63, 3.8) is 0 Å². The number of fused-ring (bicyclic) bond motifs is 2. The zero-order valence-electron chi connectivity index (χ0n) is 36.9. The third kappa shape index (κ3) is 14.3. The number of unbranched alkanes of at least 4 members (excludes halogenated alkanes) is 4. The predicted molar refractivity (Wildman–Crippen MR) is 242 cm³/mol. The molecule has 328 valence electrons. The first kappa shape index (κ1) is 50.8. The molecule has 3 rings (SSSR count). The van der Waals surface area contributed by atoms with Crippen molar-refractivity contribution in [2.75, 3.05) is 13.2 Å². The number of thioether (sulfide) groups is 4. The van der Waals surface area contributed by atoms with Crippen LogP contribution in [-0.4, -0.2) is 37.1 Å². The molecule has 0 spiro atoms. The summed E-state index contributed by atoms with van der Waals surface area (Å²) >= 11 is 4.87. The second kappa shape index (κ2) is 26.7. The number of carbonyl (C=O) groups is 4. The summed E-state index contributed by atoms with van der Waals surface area (Å²) in [5, 5.41) is 10.4. The minimum Gasteiger partial charge on any atom is -0.462 e. The monoisotopic (exact) mass is 889 g/mol. The predicted octanol–water partition coefficient (Wildman–Crippen LogP) is 13.8. The van der Waals surface area contributed by atoms with E-state index in [9.17, 15) is 24.4 Å². The third-order valence-electron chi connectivity index (χ3n) is 11.0. The molecule has 2 heterocycles. The van der Waals surface area contributed by atoms with Crippen molar-refractivity contribution in [1.29, 1.82) is 5.26 Å². The fourth-order valence-corrected chi connectivity index (χ4v) is 12.0. The molecule has 4 unspecified atom stereocenters. The number of benzene rings is 1. The van der Waals surface area contributed by atoms with Crippen LogP contribution in [0.5, 0.6) is 11.5 Å². The Morgan fingerprint density at radius 2 is 0.915 bits per heavy atom. The van der Waals surface area contributed by atoms with E-state index in [1.807, 2.05) is 13.8 Å². The van der Waals surface area contributed by atoms with Gasteiger partial charge in [0, 0.05) is 0 Å². The van der Waals surface area contributed by atoms with E-state index in [0.717, 1.165) is 101 Å². The lowest BCUT2D eigenvalue weighted by Gasteiger charge is -2.20. The summed E-state index contributed by atoms with van der Waals surface area (Å²) in [6, 6.07) is 2.09. The summed E-state index contributed by atoms with van der Waals surface area (Å²) in [5.41, 5.74) is 0.267. The van der Waals surface area contributed by atoms with E-state index in [1.54, 1.807) is 6.92 Å². The Morgan fingerprint density at radius 1 is 0.542 bits per heavy atom. The molecule has 0 aromatic heterocycles. The highest BCUT2D eigenvalue weighted by Crippen LogP contribution is 2.68. The van der Waals surface area contributed by atoms with E-state index in [1.165, 1.54) is 23.5 Å². The second-order valence-corrected chi connectivity index (χ2v) is 20.0. The van der Waals surface area contributed by atoms with Gasteiger partial charge in [0.1, 0.15) is 6.07 Å². The summed E-state index contributed by atoms with van der Waals surface area (Å²) in [6.07, 6.45) is 14.0. The second-order valence-electron chi connectivity index (χ2n) is 15.4. The van der Waals surface area contributed by atoms with Crippen LogP contribution < -0.4 is 9.47 Å². The molecule has 0 amide bonds. The molecule has 0 saturated heterocycles. The van der Waals surface area contributed by atoms with Crippen LogP contribution in [0, 0.1) is 35.0 Å². The van der Waals surface area contributed by atoms with E-state index < -0.39 is 11.9 Å². The molecule has 13 heteroatoms. The van der Waals surface area contributed by atoms with Crippen molar-refractivity contribution in [3.05, 3.63) is 19.6 Å². The molecular formula is C46H67NO8S4. The molecule has 0 aliphatic carbocycles. The van der Waals surface area contributed by atoms with Gasteiger partial charge in [-0.05, 0) is 57.3 Å². The molecule has 1 aromatic rings. The van der Waals surface area contributed by atoms with Crippen molar-refractivity contribution in [3.8, 4) is 17.6 Å². The van der Waals surface area contributed by atoms with Crippen LogP contribution in [0.2, 0.25) is 0 Å². The molecule has 0 radical (unpaired) electrons. The lowest BCUT2D eigenvalue weighted by Crippen LogP contribution is -2.22. The van der Waals surface area contributed by atoms with Gasteiger partial charge in [0.2, 0.25) is 0 Å². The minimum absolute atomic E-state index is 0.149. The Kier molecular flexibility index (Phi) is 23.0. The lowest BCUT2D eigenvalue weighted by molar-refractivity contribution is -0.141. The van der Waals surface area contributed by atoms with E-state index in [2.05, 4.69) is 47.6 Å². The lowest BCUT2D eigenvalue weighted by atomic mass is 10.00. The van der Waals surface area contributed by atoms with E-state index >= 15 is 0 Å². The van der Waals surface area contributed by atoms with Gasteiger partial charge in [0.15, 0.2) is 17.1 Å². The van der Waals surface area contributed by atoms with Crippen molar-refractivity contribution in [2.45, 2.75) is 185 Å². The number of hydrogen-bond donors (Lipinski definition) is 0.